The predicted octanol–water partition coefficient (Wildman–Crippen LogP) is 4.17. The van der Waals surface area contributed by atoms with E-state index in [4.69, 9.17) is 0 Å². The van der Waals surface area contributed by atoms with Crippen molar-refractivity contribution in [1.82, 2.24) is 0 Å². The summed E-state index contributed by atoms with van der Waals surface area (Å²) in [7, 11) is 0. The van der Waals surface area contributed by atoms with Crippen molar-refractivity contribution in [3.05, 3.63) is 29.3 Å². The van der Waals surface area contributed by atoms with Crippen LogP contribution in [0.1, 0.15) is 51.2 Å². The third-order valence-electron chi connectivity index (χ3n) is 4.72. The first-order chi connectivity index (χ1) is 7.37. The first-order valence-corrected chi connectivity index (χ1v) is 6.17. The van der Waals surface area contributed by atoms with Crippen molar-refractivity contribution in [2.45, 2.75) is 52.4 Å². The molecular weight excluding hydrogens is 196 g/mol. The quantitative estimate of drug-likeness (QED) is 0.750. The smallest absolute Gasteiger partial charge is 0.119 e. The minimum absolute atomic E-state index is 0.116. The minimum Gasteiger partial charge on any atom is -0.508 e. The van der Waals surface area contributed by atoms with Gasteiger partial charge < -0.3 is 5.11 Å². The second kappa shape index (κ2) is 3.51. The number of aryl methyl sites for hydroxylation is 1. The van der Waals surface area contributed by atoms with Crippen LogP contribution in [0.2, 0.25) is 0 Å². The molecule has 0 saturated heterocycles. The summed E-state index contributed by atoms with van der Waals surface area (Å²) in [6.45, 7) is 8.95. The van der Waals surface area contributed by atoms with Gasteiger partial charge in [0, 0.05) is 11.0 Å². The van der Waals surface area contributed by atoms with E-state index < -0.39 is 0 Å². The van der Waals surface area contributed by atoms with E-state index in [-0.39, 0.29) is 10.8 Å². The number of hydrogen-bond donors (Lipinski definition) is 1. The molecule has 0 spiro atoms. The molecule has 1 aliphatic rings. The lowest BCUT2D eigenvalue weighted by atomic mass is 9.65. The molecule has 1 fully saturated rings. The number of rotatable bonds is 1. The van der Waals surface area contributed by atoms with Crippen LogP contribution in [0.25, 0.3) is 0 Å². The van der Waals surface area contributed by atoms with Crippen LogP contribution in [0.4, 0.5) is 0 Å². The summed E-state index contributed by atoms with van der Waals surface area (Å²) in [5, 5.41) is 10.1. The second-order valence-electron chi connectivity index (χ2n) is 6.09. The van der Waals surface area contributed by atoms with Gasteiger partial charge in [-0.1, -0.05) is 39.3 Å². The molecule has 0 radical (unpaired) electrons. The fraction of sp³-hybridized carbons (Fsp3) is 0.600. The highest BCUT2D eigenvalue weighted by Crippen LogP contribution is 2.55. The Labute approximate surface area is 98.5 Å². The van der Waals surface area contributed by atoms with Gasteiger partial charge in [-0.05, 0) is 36.8 Å². The van der Waals surface area contributed by atoms with Crippen molar-refractivity contribution in [2.75, 3.05) is 0 Å². The highest BCUT2D eigenvalue weighted by atomic mass is 16.3. The molecule has 88 valence electrons. The number of hydrogen-bond acceptors (Lipinski definition) is 1. The number of phenols is 1. The summed E-state index contributed by atoms with van der Waals surface area (Å²) in [6.07, 6.45) is 3.68. The molecule has 1 nitrogen and oxygen atoms in total. The van der Waals surface area contributed by atoms with Crippen molar-refractivity contribution in [3.63, 3.8) is 0 Å². The lowest BCUT2D eigenvalue weighted by molar-refractivity contribution is 0.219. The van der Waals surface area contributed by atoms with E-state index in [9.17, 15) is 5.11 Å². The standard InChI is InChI=1S/C15H22O/c1-11-6-7-12(13(16)10-11)15(4)9-5-8-14(15,2)3/h6-7,10,16H,5,8-9H2,1-4H3. The molecule has 1 aromatic rings. The molecule has 1 aromatic carbocycles. The fourth-order valence-electron chi connectivity index (χ4n) is 3.11. The van der Waals surface area contributed by atoms with Crippen molar-refractivity contribution >= 4 is 0 Å². The van der Waals surface area contributed by atoms with Crippen LogP contribution in [0, 0.1) is 12.3 Å². The molecule has 1 atom stereocenters. The molecule has 0 heterocycles. The van der Waals surface area contributed by atoms with Crippen LogP contribution < -0.4 is 0 Å². The van der Waals surface area contributed by atoms with Gasteiger partial charge in [0.15, 0.2) is 0 Å². The van der Waals surface area contributed by atoms with Crippen LogP contribution >= 0.6 is 0 Å². The van der Waals surface area contributed by atoms with E-state index in [1.807, 2.05) is 13.0 Å². The number of phenolic OH excluding ortho intramolecular Hbond substituents is 1. The lowest BCUT2D eigenvalue weighted by Gasteiger charge is -2.39. The van der Waals surface area contributed by atoms with Gasteiger partial charge in [0.25, 0.3) is 0 Å². The predicted molar refractivity (Wildman–Crippen MR) is 67.8 cm³/mol. The van der Waals surface area contributed by atoms with Crippen LogP contribution in [0.5, 0.6) is 5.75 Å². The summed E-state index contributed by atoms with van der Waals surface area (Å²) in [6, 6.07) is 6.10. The molecular formula is C15H22O. The Balaban J connectivity index is 2.51. The van der Waals surface area contributed by atoms with Gasteiger partial charge in [0.1, 0.15) is 5.75 Å². The summed E-state index contributed by atoms with van der Waals surface area (Å²) in [4.78, 5) is 0. The largest absolute Gasteiger partial charge is 0.508 e. The zero-order valence-corrected chi connectivity index (χ0v) is 10.8. The van der Waals surface area contributed by atoms with Crippen LogP contribution in [-0.2, 0) is 5.41 Å². The van der Waals surface area contributed by atoms with E-state index in [0.29, 0.717) is 5.75 Å². The van der Waals surface area contributed by atoms with E-state index in [1.165, 1.54) is 19.3 Å². The van der Waals surface area contributed by atoms with Crippen molar-refractivity contribution < 1.29 is 5.11 Å². The van der Waals surface area contributed by atoms with Gasteiger partial charge >= 0.3 is 0 Å². The maximum Gasteiger partial charge on any atom is 0.119 e. The summed E-state index contributed by atoms with van der Waals surface area (Å²) < 4.78 is 0. The first kappa shape index (κ1) is 11.5. The molecule has 0 bridgehead atoms. The topological polar surface area (TPSA) is 20.2 Å². The van der Waals surface area contributed by atoms with Gasteiger partial charge in [0.05, 0.1) is 0 Å². The van der Waals surface area contributed by atoms with Crippen molar-refractivity contribution in [3.8, 4) is 5.75 Å². The zero-order chi connectivity index (χ0) is 12.0. The fourth-order valence-corrected chi connectivity index (χ4v) is 3.11. The van der Waals surface area contributed by atoms with E-state index in [0.717, 1.165) is 11.1 Å². The molecule has 2 rings (SSSR count). The average Bonchev–Trinajstić information content (AvgIpc) is 2.41. The van der Waals surface area contributed by atoms with Crippen molar-refractivity contribution in [1.29, 1.82) is 0 Å². The van der Waals surface area contributed by atoms with E-state index in [2.05, 4.69) is 32.9 Å². The summed E-state index contributed by atoms with van der Waals surface area (Å²) in [5.41, 5.74) is 2.64. The number of benzene rings is 1. The van der Waals surface area contributed by atoms with Gasteiger partial charge in [-0.2, -0.15) is 0 Å². The SMILES string of the molecule is Cc1ccc(C2(C)CCCC2(C)C)c(O)c1. The maximum absolute atomic E-state index is 10.1. The van der Waals surface area contributed by atoms with Gasteiger partial charge in [-0.15, -0.1) is 0 Å². The molecule has 1 unspecified atom stereocenters. The zero-order valence-electron chi connectivity index (χ0n) is 10.8. The minimum atomic E-state index is 0.116. The van der Waals surface area contributed by atoms with Gasteiger partial charge in [0.2, 0.25) is 0 Å². The van der Waals surface area contributed by atoms with Crippen molar-refractivity contribution in [2.24, 2.45) is 5.41 Å². The summed E-state index contributed by atoms with van der Waals surface area (Å²) in [5.74, 6) is 0.470. The third-order valence-corrected chi connectivity index (χ3v) is 4.72. The normalized spacial score (nSPS) is 28.2. The Morgan fingerprint density at radius 2 is 1.81 bits per heavy atom. The molecule has 1 N–H and O–H groups in total. The van der Waals surface area contributed by atoms with Gasteiger partial charge in [-0.25, -0.2) is 0 Å². The Hall–Kier alpha value is -0.980. The van der Waals surface area contributed by atoms with Crippen LogP contribution in [0.3, 0.4) is 0 Å². The van der Waals surface area contributed by atoms with E-state index in [1.54, 1.807) is 0 Å². The van der Waals surface area contributed by atoms with Gasteiger partial charge in [-0.3, -0.25) is 0 Å². The van der Waals surface area contributed by atoms with E-state index >= 15 is 0 Å². The Kier molecular flexibility index (Phi) is 2.52. The molecule has 1 heteroatoms. The lowest BCUT2D eigenvalue weighted by Crippen LogP contribution is -2.34. The van der Waals surface area contributed by atoms with Crippen LogP contribution in [0.15, 0.2) is 18.2 Å². The molecule has 1 saturated carbocycles. The molecule has 0 amide bonds. The summed E-state index contributed by atoms with van der Waals surface area (Å²) >= 11 is 0. The average molecular weight is 218 g/mol. The Morgan fingerprint density at radius 3 is 2.31 bits per heavy atom. The molecule has 0 aromatic heterocycles. The number of aromatic hydroxyl groups is 1. The molecule has 16 heavy (non-hydrogen) atoms. The molecule has 1 aliphatic carbocycles. The maximum atomic E-state index is 10.1. The Bertz CT molecular complexity index is 406. The van der Waals surface area contributed by atoms with Crippen LogP contribution in [-0.4, -0.2) is 5.11 Å². The Morgan fingerprint density at radius 1 is 1.12 bits per heavy atom. The first-order valence-electron chi connectivity index (χ1n) is 6.17. The monoisotopic (exact) mass is 218 g/mol. The second-order valence-corrected chi connectivity index (χ2v) is 6.09. The highest BCUT2D eigenvalue weighted by Gasteiger charge is 2.47. The molecule has 0 aliphatic heterocycles. The third kappa shape index (κ3) is 1.53. The highest BCUT2D eigenvalue weighted by molar-refractivity contribution is 5.43.